The maximum atomic E-state index is 3.40. The molecule has 2 aliphatic carbocycles. The maximum Gasteiger partial charge on any atom is 2.00 e. The molecule has 0 atom stereocenters. The summed E-state index contributed by atoms with van der Waals surface area (Å²) in [7, 11) is 1.31. The second-order valence-corrected chi connectivity index (χ2v) is 6.65. The average molecular weight is 426 g/mol. The third-order valence-corrected chi connectivity index (χ3v) is 4.73. The van der Waals surface area contributed by atoms with Crippen molar-refractivity contribution in [2.24, 2.45) is 0 Å². The van der Waals surface area contributed by atoms with Crippen LogP contribution in [0.1, 0.15) is 42.8 Å². The maximum absolute atomic E-state index is 3.40. The summed E-state index contributed by atoms with van der Waals surface area (Å²) in [5.74, 6) is 0. The third-order valence-electron chi connectivity index (χ3n) is 3.42. The molecule has 0 bridgehead atoms. The second-order valence-electron chi connectivity index (χ2n) is 5.30. The summed E-state index contributed by atoms with van der Waals surface area (Å²) in [6.07, 6.45) is 25.5. The van der Waals surface area contributed by atoms with Crippen molar-refractivity contribution >= 4 is 13.8 Å². The Bertz CT molecular complexity index is 446. The minimum Gasteiger partial charge on any atom is -0.339 e. The molecule has 0 saturated heterocycles. The van der Waals surface area contributed by atoms with E-state index in [0.29, 0.717) is 0 Å². The van der Waals surface area contributed by atoms with E-state index in [4.69, 9.17) is 0 Å². The second kappa shape index (κ2) is 16.4. The molecule has 25 heavy (non-hydrogen) atoms. The Morgan fingerprint density at radius 1 is 0.880 bits per heavy atom. The normalized spacial score (nSPS) is 16.6. The summed E-state index contributed by atoms with van der Waals surface area (Å²) in [4.78, 5) is 0. The predicted octanol–water partition coefficient (Wildman–Crippen LogP) is 6.73. The van der Waals surface area contributed by atoms with Crippen molar-refractivity contribution in [3.63, 3.8) is 0 Å². The quantitative estimate of drug-likeness (QED) is 0.471. The Morgan fingerprint density at radius 3 is 1.64 bits per heavy atom. The molecule has 128 valence electrons. The van der Waals surface area contributed by atoms with Crippen LogP contribution in [-0.4, -0.2) is 0 Å². The van der Waals surface area contributed by atoms with Gasteiger partial charge in [-0.15, -0.1) is 18.4 Å². The molecule has 0 aliphatic heterocycles. The smallest absolute Gasteiger partial charge is 0.339 e. The molecule has 0 nitrogen and oxygen atoms in total. The van der Waals surface area contributed by atoms with Gasteiger partial charge in [-0.1, -0.05) is 26.1 Å². The van der Waals surface area contributed by atoms with Gasteiger partial charge in [0.1, 0.15) is 0 Å². The van der Waals surface area contributed by atoms with Crippen LogP contribution in [0.4, 0.5) is 0 Å². The molecule has 0 N–H and O–H groups in total. The zero-order chi connectivity index (χ0) is 17.6. The summed E-state index contributed by atoms with van der Waals surface area (Å²) in [5.41, 5.74) is 2.68. The van der Waals surface area contributed by atoms with Crippen molar-refractivity contribution in [2.75, 3.05) is 0 Å². The van der Waals surface area contributed by atoms with E-state index in [1.165, 1.54) is 29.9 Å². The van der Waals surface area contributed by atoms with Crippen LogP contribution in [0.2, 0.25) is 0 Å². The van der Waals surface area contributed by atoms with Crippen LogP contribution in [0, 0.1) is 90.2 Å². The number of hydrogen-bond acceptors (Lipinski definition) is 0. The summed E-state index contributed by atoms with van der Waals surface area (Å²) in [6.45, 7) is 8.65. The minimum absolute atomic E-state index is 0. The Morgan fingerprint density at radius 2 is 1.32 bits per heavy atom. The van der Waals surface area contributed by atoms with Gasteiger partial charge in [-0.25, -0.2) is 8.19 Å². The molecule has 1 aromatic rings. The van der Waals surface area contributed by atoms with E-state index in [0.717, 1.165) is 12.8 Å². The first-order valence-electron chi connectivity index (χ1n) is 8.48. The van der Waals surface area contributed by atoms with Gasteiger partial charge in [0, 0.05) is 0 Å². The van der Waals surface area contributed by atoms with Crippen molar-refractivity contribution < 1.29 is 26.2 Å². The van der Waals surface area contributed by atoms with Crippen LogP contribution in [0.3, 0.4) is 0 Å². The van der Waals surface area contributed by atoms with E-state index < -0.39 is 0 Å². The Labute approximate surface area is 178 Å². The largest absolute Gasteiger partial charge is 2.00 e. The molecule has 3 rings (SSSR count). The SMILES string of the molecule is CC[C-]=C(CC)c1[c-]cc(C)c(C)p1.[CH]1[CH][CH][CH][CH]1.[CH]1[CH][CH][CH][CH]1.[Zr+2]. The first kappa shape index (κ1) is 25.3. The third kappa shape index (κ3) is 11.6. The fraction of sp³-hybridized carbons (Fsp3) is 0.261. The standard InChI is InChI=1S/C13H17P.2C5H5.Zr/c1-5-7-12(6-2)13-9-8-10(3)11(4)14-13;2*1-2-4-5-3-1;/h8H,5-6H2,1-4H3;2*1-5H;/q-2;;;+2. The van der Waals surface area contributed by atoms with Crippen LogP contribution < -0.4 is 0 Å². The summed E-state index contributed by atoms with van der Waals surface area (Å²) in [6, 6.07) is 5.45. The number of aryl methyl sites for hydroxylation is 2. The van der Waals surface area contributed by atoms with Gasteiger partial charge < -0.3 is 11.6 Å². The Hall–Kier alpha value is 0.273. The number of hydrogen-bond donors (Lipinski definition) is 0. The van der Waals surface area contributed by atoms with Crippen molar-refractivity contribution in [3.05, 3.63) is 98.6 Å². The van der Waals surface area contributed by atoms with Gasteiger partial charge in [-0.3, -0.25) is 11.4 Å². The van der Waals surface area contributed by atoms with Crippen LogP contribution in [0.25, 0.3) is 5.57 Å². The molecule has 0 unspecified atom stereocenters. The van der Waals surface area contributed by atoms with E-state index in [2.05, 4.69) is 45.9 Å². The minimum atomic E-state index is 0. The predicted molar refractivity (Wildman–Crippen MR) is 107 cm³/mol. The topological polar surface area (TPSA) is 0 Å². The Balaban J connectivity index is 0.000000425. The molecular weight excluding hydrogens is 398 g/mol. The molecule has 0 aromatic carbocycles. The molecule has 2 fully saturated rings. The molecular formula is C23H27PZr. The molecule has 2 saturated carbocycles. The molecule has 1 heterocycles. The molecule has 2 heteroatoms. The zero-order valence-electron chi connectivity index (χ0n) is 15.7. The van der Waals surface area contributed by atoms with Crippen LogP contribution in [0.15, 0.2) is 6.07 Å². The van der Waals surface area contributed by atoms with Crippen LogP contribution in [-0.2, 0) is 26.2 Å². The van der Waals surface area contributed by atoms with Gasteiger partial charge in [0.2, 0.25) is 0 Å². The van der Waals surface area contributed by atoms with E-state index in [1.54, 1.807) is 0 Å². The fourth-order valence-electron chi connectivity index (χ4n) is 1.95. The van der Waals surface area contributed by atoms with E-state index in [9.17, 15) is 0 Å². The molecule has 0 amide bonds. The molecule has 10 radical (unpaired) electrons. The molecule has 0 spiro atoms. The monoisotopic (exact) mass is 424 g/mol. The van der Waals surface area contributed by atoms with Crippen molar-refractivity contribution in [3.8, 4) is 0 Å². The fourth-order valence-corrected chi connectivity index (χ4v) is 3.03. The van der Waals surface area contributed by atoms with Crippen LogP contribution >= 0.6 is 8.19 Å². The zero-order valence-corrected chi connectivity index (χ0v) is 19.1. The van der Waals surface area contributed by atoms with Gasteiger partial charge in [0.05, 0.1) is 0 Å². The first-order chi connectivity index (χ1) is 11.7. The summed E-state index contributed by atoms with van der Waals surface area (Å²) in [5, 5.41) is 2.74. The van der Waals surface area contributed by atoms with E-state index >= 15 is 0 Å². The van der Waals surface area contributed by atoms with E-state index in [-0.39, 0.29) is 26.2 Å². The van der Waals surface area contributed by atoms with Gasteiger partial charge in [0.15, 0.2) is 0 Å². The van der Waals surface area contributed by atoms with Gasteiger partial charge in [-0.2, -0.15) is 6.07 Å². The van der Waals surface area contributed by atoms with Crippen LogP contribution in [0.5, 0.6) is 0 Å². The number of allylic oxidation sites excluding steroid dienone is 2. The molecule has 2 aliphatic rings. The first-order valence-corrected chi connectivity index (χ1v) is 9.37. The van der Waals surface area contributed by atoms with Crippen molar-refractivity contribution in [2.45, 2.75) is 40.5 Å². The summed E-state index contributed by atoms with van der Waals surface area (Å²) >= 11 is 0. The number of rotatable bonds is 3. The summed E-state index contributed by atoms with van der Waals surface area (Å²) < 4.78 is 0. The average Bonchev–Trinajstić information content (AvgIpc) is 3.33. The molecule has 1 aromatic heterocycles. The van der Waals surface area contributed by atoms with Gasteiger partial charge in [-0.05, 0) is 71.1 Å². The van der Waals surface area contributed by atoms with Crippen molar-refractivity contribution in [1.82, 2.24) is 0 Å². The van der Waals surface area contributed by atoms with Gasteiger partial charge >= 0.3 is 26.2 Å². The Kier molecular flexibility index (Phi) is 16.6. The van der Waals surface area contributed by atoms with Crippen molar-refractivity contribution in [1.29, 1.82) is 0 Å². The van der Waals surface area contributed by atoms with Gasteiger partial charge in [0.25, 0.3) is 0 Å². The van der Waals surface area contributed by atoms with E-state index in [1.807, 2.05) is 64.2 Å².